The Morgan fingerprint density at radius 1 is 1.27 bits per heavy atom. The standard InChI is InChI=1S/C17H25N5/c1-12-8-14(20-21(12)5)11-22-7-6-15-13(10-22)9-18-16(19-15)17(2,3)4/h8-9H,6-7,10-11H2,1-5H3. The van der Waals surface area contributed by atoms with E-state index in [0.717, 1.165) is 37.6 Å². The molecule has 0 atom stereocenters. The van der Waals surface area contributed by atoms with E-state index in [9.17, 15) is 0 Å². The molecule has 22 heavy (non-hydrogen) atoms. The summed E-state index contributed by atoms with van der Waals surface area (Å²) in [6.45, 7) is 11.4. The van der Waals surface area contributed by atoms with Crippen LogP contribution in [0.2, 0.25) is 0 Å². The quantitative estimate of drug-likeness (QED) is 0.854. The molecule has 0 saturated carbocycles. The third-order valence-corrected chi connectivity index (χ3v) is 4.23. The second-order valence-electron chi connectivity index (χ2n) is 7.28. The lowest BCUT2D eigenvalue weighted by Gasteiger charge is -2.28. The molecule has 0 spiro atoms. The van der Waals surface area contributed by atoms with Gasteiger partial charge < -0.3 is 0 Å². The van der Waals surface area contributed by atoms with Crippen molar-refractivity contribution in [3.05, 3.63) is 40.7 Å². The molecule has 0 radical (unpaired) electrons. The largest absolute Gasteiger partial charge is 0.293 e. The topological polar surface area (TPSA) is 46.8 Å². The molecule has 2 aromatic heterocycles. The van der Waals surface area contributed by atoms with Crippen LogP contribution in [0.4, 0.5) is 0 Å². The number of nitrogens with zero attached hydrogens (tertiary/aromatic N) is 5. The Bertz CT molecular complexity index is 661. The lowest BCUT2D eigenvalue weighted by Crippen LogP contribution is -2.32. The van der Waals surface area contributed by atoms with Gasteiger partial charge in [-0.05, 0) is 13.0 Å². The lowest BCUT2D eigenvalue weighted by atomic mass is 9.95. The molecule has 1 aliphatic heterocycles. The first-order chi connectivity index (χ1) is 10.3. The highest BCUT2D eigenvalue weighted by atomic mass is 15.3. The Balaban J connectivity index is 1.74. The van der Waals surface area contributed by atoms with E-state index < -0.39 is 0 Å². The first-order valence-electron chi connectivity index (χ1n) is 7.90. The SMILES string of the molecule is Cc1cc(CN2CCc3nc(C(C)(C)C)ncc3C2)nn1C. The first kappa shape index (κ1) is 15.2. The van der Waals surface area contributed by atoms with E-state index in [4.69, 9.17) is 4.98 Å². The monoisotopic (exact) mass is 299 g/mol. The minimum atomic E-state index is 0.0116. The Labute approximate surface area is 132 Å². The highest BCUT2D eigenvalue weighted by molar-refractivity contribution is 5.22. The average Bonchev–Trinajstić information content (AvgIpc) is 2.75. The van der Waals surface area contributed by atoms with Crippen molar-refractivity contribution in [1.29, 1.82) is 0 Å². The summed E-state index contributed by atoms with van der Waals surface area (Å²) >= 11 is 0. The molecule has 0 N–H and O–H groups in total. The van der Waals surface area contributed by atoms with Gasteiger partial charge >= 0.3 is 0 Å². The van der Waals surface area contributed by atoms with Crippen LogP contribution in [-0.2, 0) is 32.0 Å². The average molecular weight is 299 g/mol. The molecular formula is C17H25N5. The van der Waals surface area contributed by atoms with Crippen LogP contribution in [0.25, 0.3) is 0 Å². The highest BCUT2D eigenvalue weighted by Gasteiger charge is 2.23. The predicted octanol–water partition coefficient (Wildman–Crippen LogP) is 2.37. The van der Waals surface area contributed by atoms with Crippen molar-refractivity contribution in [2.75, 3.05) is 6.54 Å². The minimum Gasteiger partial charge on any atom is -0.293 e. The zero-order valence-electron chi connectivity index (χ0n) is 14.2. The van der Waals surface area contributed by atoms with Gasteiger partial charge in [-0.1, -0.05) is 20.8 Å². The van der Waals surface area contributed by atoms with Crippen molar-refractivity contribution < 1.29 is 0 Å². The maximum absolute atomic E-state index is 4.79. The Kier molecular flexibility index (Phi) is 3.77. The van der Waals surface area contributed by atoms with Gasteiger partial charge in [0.1, 0.15) is 5.82 Å². The van der Waals surface area contributed by atoms with E-state index in [1.807, 2.05) is 17.9 Å². The van der Waals surface area contributed by atoms with Gasteiger partial charge in [-0.15, -0.1) is 0 Å². The van der Waals surface area contributed by atoms with Crippen LogP contribution in [0.15, 0.2) is 12.3 Å². The van der Waals surface area contributed by atoms with E-state index in [1.54, 1.807) is 0 Å². The number of hydrogen-bond acceptors (Lipinski definition) is 4. The van der Waals surface area contributed by atoms with Crippen molar-refractivity contribution in [3.63, 3.8) is 0 Å². The van der Waals surface area contributed by atoms with Crippen molar-refractivity contribution in [3.8, 4) is 0 Å². The number of fused-ring (bicyclic) bond motifs is 1. The number of aromatic nitrogens is 4. The zero-order chi connectivity index (χ0) is 15.9. The molecule has 0 unspecified atom stereocenters. The van der Waals surface area contributed by atoms with E-state index in [-0.39, 0.29) is 5.41 Å². The van der Waals surface area contributed by atoms with Crippen LogP contribution >= 0.6 is 0 Å². The number of aryl methyl sites for hydroxylation is 2. The summed E-state index contributed by atoms with van der Waals surface area (Å²) in [5, 5.41) is 4.55. The van der Waals surface area contributed by atoms with Crippen molar-refractivity contribution >= 4 is 0 Å². The normalized spacial score (nSPS) is 15.9. The van der Waals surface area contributed by atoms with Crippen LogP contribution in [-0.4, -0.2) is 31.2 Å². The van der Waals surface area contributed by atoms with Crippen molar-refractivity contribution in [2.24, 2.45) is 7.05 Å². The van der Waals surface area contributed by atoms with Gasteiger partial charge in [-0.25, -0.2) is 9.97 Å². The van der Waals surface area contributed by atoms with Crippen LogP contribution in [0.1, 0.15) is 49.2 Å². The van der Waals surface area contributed by atoms with Gasteiger partial charge in [-0.2, -0.15) is 5.10 Å². The summed E-state index contributed by atoms with van der Waals surface area (Å²) in [6, 6.07) is 2.16. The molecule has 2 aromatic rings. The smallest absolute Gasteiger partial charge is 0.133 e. The second kappa shape index (κ2) is 5.47. The Hall–Kier alpha value is -1.75. The fraction of sp³-hybridized carbons (Fsp3) is 0.588. The van der Waals surface area contributed by atoms with Crippen molar-refractivity contribution in [2.45, 2.75) is 52.6 Å². The lowest BCUT2D eigenvalue weighted by molar-refractivity contribution is 0.238. The molecule has 0 aliphatic carbocycles. The van der Waals surface area contributed by atoms with Crippen LogP contribution in [0, 0.1) is 6.92 Å². The molecule has 118 valence electrons. The summed E-state index contributed by atoms with van der Waals surface area (Å²) in [6.07, 6.45) is 3.01. The third-order valence-electron chi connectivity index (χ3n) is 4.23. The van der Waals surface area contributed by atoms with Gasteiger partial charge in [0.25, 0.3) is 0 Å². The highest BCUT2D eigenvalue weighted by Crippen LogP contribution is 2.23. The van der Waals surface area contributed by atoms with Crippen LogP contribution in [0.5, 0.6) is 0 Å². The van der Waals surface area contributed by atoms with Gasteiger partial charge in [-0.3, -0.25) is 9.58 Å². The maximum atomic E-state index is 4.79. The van der Waals surface area contributed by atoms with E-state index >= 15 is 0 Å². The molecule has 3 heterocycles. The molecule has 0 aromatic carbocycles. The van der Waals surface area contributed by atoms with E-state index in [0.29, 0.717) is 0 Å². The Morgan fingerprint density at radius 2 is 2.05 bits per heavy atom. The summed E-state index contributed by atoms with van der Waals surface area (Å²) in [5.74, 6) is 0.944. The maximum Gasteiger partial charge on any atom is 0.133 e. The van der Waals surface area contributed by atoms with E-state index in [1.165, 1.54) is 17.0 Å². The predicted molar refractivity (Wildman–Crippen MR) is 86.5 cm³/mol. The van der Waals surface area contributed by atoms with E-state index in [2.05, 4.69) is 48.7 Å². The van der Waals surface area contributed by atoms with Gasteiger partial charge in [0.15, 0.2) is 0 Å². The third kappa shape index (κ3) is 3.04. The minimum absolute atomic E-state index is 0.0116. The fourth-order valence-corrected chi connectivity index (χ4v) is 2.81. The zero-order valence-corrected chi connectivity index (χ0v) is 14.2. The molecule has 5 heteroatoms. The summed E-state index contributed by atoms with van der Waals surface area (Å²) in [5.41, 5.74) is 4.82. The molecule has 0 amide bonds. The molecule has 0 bridgehead atoms. The summed E-state index contributed by atoms with van der Waals surface area (Å²) in [4.78, 5) is 11.8. The molecule has 0 fully saturated rings. The molecule has 0 saturated heterocycles. The number of rotatable bonds is 2. The number of hydrogen-bond donors (Lipinski definition) is 0. The fourth-order valence-electron chi connectivity index (χ4n) is 2.81. The summed E-state index contributed by atoms with van der Waals surface area (Å²) < 4.78 is 1.94. The molecule has 5 nitrogen and oxygen atoms in total. The summed E-state index contributed by atoms with van der Waals surface area (Å²) in [7, 11) is 1.99. The second-order valence-corrected chi connectivity index (χ2v) is 7.28. The van der Waals surface area contributed by atoms with Crippen LogP contribution in [0.3, 0.4) is 0 Å². The Morgan fingerprint density at radius 3 is 2.68 bits per heavy atom. The van der Waals surface area contributed by atoms with Gasteiger partial charge in [0.2, 0.25) is 0 Å². The van der Waals surface area contributed by atoms with Crippen molar-refractivity contribution in [1.82, 2.24) is 24.6 Å². The van der Waals surface area contributed by atoms with Gasteiger partial charge in [0.05, 0.1) is 5.69 Å². The first-order valence-corrected chi connectivity index (χ1v) is 7.90. The van der Waals surface area contributed by atoms with Gasteiger partial charge in [0, 0.05) is 61.7 Å². The molecular weight excluding hydrogens is 274 g/mol. The van der Waals surface area contributed by atoms with Crippen LogP contribution < -0.4 is 0 Å². The molecule has 3 rings (SSSR count). The molecule has 1 aliphatic rings.